The van der Waals surface area contributed by atoms with E-state index in [1.807, 2.05) is 6.92 Å². The number of rotatable bonds is 7. The van der Waals surface area contributed by atoms with Crippen molar-refractivity contribution in [2.24, 2.45) is 0 Å². The van der Waals surface area contributed by atoms with Crippen LogP contribution in [0.3, 0.4) is 0 Å². The van der Waals surface area contributed by atoms with Gasteiger partial charge in [0.25, 0.3) is 5.91 Å². The standard InChI is InChI=1S/C17H22ClNO6/c1-4-25-16-13(18)5-10(6-14(16)24-3)17(22)19-9-12(23-2)7-11(19)8-15(20)21/h5-6,11-12H,4,7-9H2,1-3H3,(H,20,21). The fourth-order valence-corrected chi connectivity index (χ4v) is 3.25. The Hall–Kier alpha value is -1.99. The SMILES string of the molecule is CCOc1c(Cl)cc(C(=O)N2CC(OC)CC2CC(=O)O)cc1OC. The Morgan fingerprint density at radius 3 is 2.64 bits per heavy atom. The molecule has 1 fully saturated rings. The van der Waals surface area contributed by atoms with Gasteiger partial charge in [-0.2, -0.15) is 0 Å². The number of hydrogen-bond acceptors (Lipinski definition) is 5. The lowest BCUT2D eigenvalue weighted by Crippen LogP contribution is -2.37. The topological polar surface area (TPSA) is 85.3 Å². The van der Waals surface area contributed by atoms with Crippen LogP contribution < -0.4 is 9.47 Å². The number of methoxy groups -OCH3 is 2. The van der Waals surface area contributed by atoms with Crippen LogP contribution in [0.4, 0.5) is 0 Å². The third-order valence-electron chi connectivity index (χ3n) is 4.15. The quantitative estimate of drug-likeness (QED) is 0.792. The first-order chi connectivity index (χ1) is 11.9. The summed E-state index contributed by atoms with van der Waals surface area (Å²) in [5.74, 6) is -0.535. The van der Waals surface area contributed by atoms with Crippen molar-refractivity contribution < 1.29 is 28.9 Å². The van der Waals surface area contributed by atoms with Gasteiger partial charge in [-0.1, -0.05) is 11.6 Å². The molecule has 8 heteroatoms. The first-order valence-electron chi connectivity index (χ1n) is 7.97. The monoisotopic (exact) mass is 371 g/mol. The lowest BCUT2D eigenvalue weighted by molar-refractivity contribution is -0.137. The van der Waals surface area contributed by atoms with Gasteiger partial charge < -0.3 is 24.2 Å². The van der Waals surface area contributed by atoms with E-state index < -0.39 is 12.0 Å². The molecule has 1 aromatic rings. The van der Waals surface area contributed by atoms with Gasteiger partial charge in [0, 0.05) is 25.3 Å². The number of carbonyl (C=O) groups excluding carboxylic acids is 1. The molecule has 0 bridgehead atoms. The number of ether oxygens (including phenoxy) is 3. The van der Waals surface area contributed by atoms with Crippen LogP contribution in [0.1, 0.15) is 30.1 Å². The Balaban J connectivity index is 2.31. The third-order valence-corrected chi connectivity index (χ3v) is 4.43. The second-order valence-corrected chi connectivity index (χ2v) is 6.13. The molecular weight excluding hydrogens is 350 g/mol. The smallest absolute Gasteiger partial charge is 0.305 e. The molecule has 0 spiro atoms. The molecule has 1 aliphatic rings. The number of likely N-dealkylation sites (tertiary alicyclic amines) is 1. The maximum absolute atomic E-state index is 12.9. The molecule has 1 N–H and O–H groups in total. The largest absolute Gasteiger partial charge is 0.493 e. The predicted octanol–water partition coefficient (Wildman–Crippen LogP) is 2.45. The Morgan fingerprint density at radius 1 is 1.36 bits per heavy atom. The zero-order chi connectivity index (χ0) is 18.6. The fourth-order valence-electron chi connectivity index (χ4n) is 2.98. The summed E-state index contributed by atoms with van der Waals surface area (Å²) in [6.07, 6.45) is 0.164. The molecule has 0 aromatic heterocycles. The number of amides is 1. The van der Waals surface area contributed by atoms with Gasteiger partial charge in [0.05, 0.1) is 31.3 Å². The molecule has 0 saturated carbocycles. The number of nitrogens with zero attached hydrogens (tertiary/aromatic N) is 1. The molecule has 2 atom stereocenters. The van der Waals surface area contributed by atoms with Gasteiger partial charge in [0.2, 0.25) is 0 Å². The average Bonchev–Trinajstić information content (AvgIpc) is 2.98. The molecule has 2 rings (SSSR count). The minimum atomic E-state index is -0.957. The Bertz CT molecular complexity index is 650. The summed E-state index contributed by atoms with van der Waals surface area (Å²) in [6.45, 7) is 2.56. The molecule has 1 saturated heterocycles. The van der Waals surface area contributed by atoms with Gasteiger partial charge in [0.1, 0.15) is 0 Å². The molecule has 1 aromatic carbocycles. The number of carboxylic acids is 1. The second kappa shape index (κ2) is 8.40. The number of aliphatic carboxylic acids is 1. The number of halogens is 1. The summed E-state index contributed by atoms with van der Waals surface area (Å²) < 4.78 is 16.0. The van der Waals surface area contributed by atoms with E-state index in [9.17, 15) is 9.59 Å². The summed E-state index contributed by atoms with van der Waals surface area (Å²) in [4.78, 5) is 25.5. The Morgan fingerprint density at radius 2 is 2.08 bits per heavy atom. The zero-order valence-electron chi connectivity index (χ0n) is 14.5. The second-order valence-electron chi connectivity index (χ2n) is 5.73. The van der Waals surface area contributed by atoms with Crippen LogP contribution in [0, 0.1) is 0 Å². The maximum atomic E-state index is 12.9. The van der Waals surface area contributed by atoms with Crippen molar-refractivity contribution in [3.05, 3.63) is 22.7 Å². The van der Waals surface area contributed by atoms with Gasteiger partial charge in [-0.3, -0.25) is 9.59 Å². The summed E-state index contributed by atoms with van der Waals surface area (Å²) in [7, 11) is 3.01. The normalized spacial score (nSPS) is 19.8. The van der Waals surface area contributed by atoms with Gasteiger partial charge in [0.15, 0.2) is 11.5 Å². The first kappa shape index (κ1) is 19.3. The predicted molar refractivity (Wildman–Crippen MR) is 91.7 cm³/mol. The van der Waals surface area contributed by atoms with Crippen LogP contribution >= 0.6 is 11.6 Å². The minimum Gasteiger partial charge on any atom is -0.493 e. The molecule has 25 heavy (non-hydrogen) atoms. The highest BCUT2D eigenvalue weighted by molar-refractivity contribution is 6.32. The van der Waals surface area contributed by atoms with E-state index in [2.05, 4.69) is 0 Å². The summed E-state index contributed by atoms with van der Waals surface area (Å²) in [6, 6.07) is 2.64. The molecule has 138 valence electrons. The first-order valence-corrected chi connectivity index (χ1v) is 8.34. The van der Waals surface area contributed by atoms with Crippen molar-refractivity contribution in [1.29, 1.82) is 0 Å². The average molecular weight is 372 g/mol. The highest BCUT2D eigenvalue weighted by Crippen LogP contribution is 2.37. The van der Waals surface area contributed by atoms with Gasteiger partial charge in [-0.05, 0) is 25.5 Å². The highest BCUT2D eigenvalue weighted by atomic mass is 35.5. The van der Waals surface area contributed by atoms with Crippen molar-refractivity contribution in [3.63, 3.8) is 0 Å². The molecule has 0 radical (unpaired) electrons. The molecule has 1 aliphatic heterocycles. The van der Waals surface area contributed by atoms with Crippen LogP contribution in [0.15, 0.2) is 12.1 Å². The van der Waals surface area contributed by atoms with E-state index in [0.717, 1.165) is 0 Å². The van der Waals surface area contributed by atoms with Crippen LogP contribution in [0.25, 0.3) is 0 Å². The fraction of sp³-hybridized carbons (Fsp3) is 0.529. The van der Waals surface area contributed by atoms with E-state index in [1.54, 1.807) is 13.2 Å². The van der Waals surface area contributed by atoms with Gasteiger partial charge >= 0.3 is 5.97 Å². The number of carboxylic acid groups (broad SMARTS) is 1. The lowest BCUT2D eigenvalue weighted by atomic mass is 10.1. The minimum absolute atomic E-state index is 0.131. The summed E-state index contributed by atoms with van der Waals surface area (Å²) >= 11 is 6.22. The van der Waals surface area contributed by atoms with Crippen molar-refractivity contribution in [2.75, 3.05) is 27.4 Å². The van der Waals surface area contributed by atoms with Crippen LogP contribution in [-0.2, 0) is 9.53 Å². The third kappa shape index (κ3) is 4.35. The van der Waals surface area contributed by atoms with Gasteiger partial charge in [-0.25, -0.2) is 0 Å². The molecule has 0 aliphatic carbocycles. The van der Waals surface area contributed by atoms with E-state index >= 15 is 0 Å². The van der Waals surface area contributed by atoms with Crippen molar-refractivity contribution >= 4 is 23.5 Å². The van der Waals surface area contributed by atoms with Gasteiger partial charge in [-0.15, -0.1) is 0 Å². The number of hydrogen-bond donors (Lipinski definition) is 1. The van der Waals surface area contributed by atoms with E-state index in [-0.39, 0.29) is 23.5 Å². The maximum Gasteiger partial charge on any atom is 0.305 e. The number of benzene rings is 1. The van der Waals surface area contributed by atoms with Crippen LogP contribution in [0.2, 0.25) is 5.02 Å². The Kier molecular flexibility index (Phi) is 6.50. The van der Waals surface area contributed by atoms with Crippen LogP contribution in [-0.4, -0.2) is 61.4 Å². The van der Waals surface area contributed by atoms with E-state index in [1.165, 1.54) is 18.1 Å². The summed E-state index contributed by atoms with van der Waals surface area (Å²) in [5.41, 5.74) is 0.317. The molecule has 7 nitrogen and oxygen atoms in total. The lowest BCUT2D eigenvalue weighted by Gasteiger charge is -2.24. The molecular formula is C17H22ClNO6. The summed E-state index contributed by atoms with van der Waals surface area (Å²) in [5, 5.41) is 9.35. The Labute approximate surface area is 151 Å². The van der Waals surface area contributed by atoms with Crippen molar-refractivity contribution in [3.8, 4) is 11.5 Å². The number of carbonyl (C=O) groups is 2. The molecule has 1 heterocycles. The van der Waals surface area contributed by atoms with Crippen molar-refractivity contribution in [2.45, 2.75) is 31.9 Å². The molecule has 2 unspecified atom stereocenters. The van der Waals surface area contributed by atoms with E-state index in [0.29, 0.717) is 36.6 Å². The zero-order valence-corrected chi connectivity index (χ0v) is 15.2. The highest BCUT2D eigenvalue weighted by Gasteiger charge is 2.37. The van der Waals surface area contributed by atoms with Crippen LogP contribution in [0.5, 0.6) is 11.5 Å². The van der Waals surface area contributed by atoms with E-state index in [4.69, 9.17) is 30.9 Å². The molecule has 1 amide bonds. The van der Waals surface area contributed by atoms with Crippen molar-refractivity contribution in [1.82, 2.24) is 4.90 Å².